The Morgan fingerprint density at radius 1 is 1.39 bits per heavy atom. The standard InChI is InChI=1S/C15H20F2N2O3S/c1-10(11-3-4-13(16)14(17)7-11)18-15(20)8-19(2)12-5-6-23(21,22)9-12/h3-4,7,10,12H,5-6,8-9H2,1-2H3,(H,18,20)/t10-,12-/m0/s1. The molecule has 1 aliphatic rings. The molecule has 0 unspecified atom stereocenters. The van der Waals surface area contributed by atoms with Crippen LogP contribution < -0.4 is 5.32 Å². The second-order valence-electron chi connectivity index (χ2n) is 5.93. The number of hydrogen-bond acceptors (Lipinski definition) is 4. The highest BCUT2D eigenvalue weighted by Crippen LogP contribution is 2.17. The number of rotatable bonds is 5. The molecule has 0 bridgehead atoms. The first-order valence-electron chi connectivity index (χ1n) is 7.33. The molecule has 0 spiro atoms. The van der Waals surface area contributed by atoms with Gasteiger partial charge in [-0.1, -0.05) is 6.07 Å². The second-order valence-corrected chi connectivity index (χ2v) is 8.16. The number of amides is 1. The molecule has 0 aliphatic carbocycles. The first kappa shape index (κ1) is 17.8. The molecular weight excluding hydrogens is 326 g/mol. The van der Waals surface area contributed by atoms with Crippen LogP contribution in [0.15, 0.2) is 18.2 Å². The highest BCUT2D eigenvalue weighted by atomic mass is 32.2. The number of sulfone groups is 1. The minimum Gasteiger partial charge on any atom is -0.348 e. The Labute approximate surface area is 134 Å². The average molecular weight is 346 g/mol. The summed E-state index contributed by atoms with van der Waals surface area (Å²) in [5, 5.41) is 2.70. The maximum atomic E-state index is 13.2. The van der Waals surface area contributed by atoms with Gasteiger partial charge in [-0.15, -0.1) is 0 Å². The topological polar surface area (TPSA) is 66.5 Å². The number of carbonyl (C=O) groups excluding carboxylic acids is 1. The van der Waals surface area contributed by atoms with E-state index < -0.39 is 27.5 Å². The third-order valence-electron chi connectivity index (χ3n) is 4.05. The van der Waals surface area contributed by atoms with Crippen LogP contribution in [0.3, 0.4) is 0 Å². The largest absolute Gasteiger partial charge is 0.348 e. The highest BCUT2D eigenvalue weighted by Gasteiger charge is 2.31. The van der Waals surface area contributed by atoms with Crippen LogP contribution in [0.4, 0.5) is 8.78 Å². The normalized spacial score (nSPS) is 21.3. The maximum absolute atomic E-state index is 13.2. The summed E-state index contributed by atoms with van der Waals surface area (Å²) in [5.41, 5.74) is 0.461. The minimum absolute atomic E-state index is 0.0498. The molecule has 5 nitrogen and oxygen atoms in total. The monoisotopic (exact) mass is 346 g/mol. The Morgan fingerprint density at radius 2 is 2.09 bits per heavy atom. The van der Waals surface area contributed by atoms with Crippen molar-refractivity contribution in [3.8, 4) is 0 Å². The molecule has 0 aromatic heterocycles. The quantitative estimate of drug-likeness (QED) is 0.872. The first-order chi connectivity index (χ1) is 10.7. The van der Waals surface area contributed by atoms with E-state index in [0.29, 0.717) is 12.0 Å². The van der Waals surface area contributed by atoms with Crippen LogP contribution in [-0.2, 0) is 14.6 Å². The molecule has 2 rings (SSSR count). The zero-order valence-corrected chi connectivity index (χ0v) is 13.9. The van der Waals surface area contributed by atoms with Gasteiger partial charge < -0.3 is 5.32 Å². The Hall–Kier alpha value is -1.54. The van der Waals surface area contributed by atoms with Gasteiger partial charge in [0, 0.05) is 6.04 Å². The third-order valence-corrected chi connectivity index (χ3v) is 5.80. The lowest BCUT2D eigenvalue weighted by atomic mass is 10.1. The van der Waals surface area contributed by atoms with Gasteiger partial charge in [-0.3, -0.25) is 9.69 Å². The number of nitrogens with zero attached hydrogens (tertiary/aromatic N) is 1. The lowest BCUT2D eigenvalue weighted by molar-refractivity contribution is -0.123. The Kier molecular flexibility index (Phi) is 5.36. The van der Waals surface area contributed by atoms with Gasteiger partial charge in [0.2, 0.25) is 5.91 Å². The lowest BCUT2D eigenvalue weighted by Gasteiger charge is -2.23. The number of likely N-dealkylation sites (N-methyl/N-ethyl adjacent to an activating group) is 1. The SMILES string of the molecule is C[C@H](NC(=O)CN(C)[C@H]1CCS(=O)(=O)C1)c1ccc(F)c(F)c1. The van der Waals surface area contributed by atoms with Crippen molar-refractivity contribution in [1.29, 1.82) is 0 Å². The van der Waals surface area contributed by atoms with E-state index in [9.17, 15) is 22.0 Å². The summed E-state index contributed by atoms with van der Waals surface area (Å²) in [5.74, 6) is -1.98. The molecule has 0 radical (unpaired) electrons. The molecule has 1 N–H and O–H groups in total. The van der Waals surface area contributed by atoms with Gasteiger partial charge in [0.15, 0.2) is 21.5 Å². The predicted molar refractivity (Wildman–Crippen MR) is 82.6 cm³/mol. The third kappa shape index (κ3) is 4.71. The number of nitrogens with one attached hydrogen (secondary N) is 1. The van der Waals surface area contributed by atoms with Gasteiger partial charge in [-0.25, -0.2) is 17.2 Å². The van der Waals surface area contributed by atoms with Gasteiger partial charge in [0.25, 0.3) is 0 Å². The minimum atomic E-state index is -3.00. The molecule has 128 valence electrons. The summed E-state index contributed by atoms with van der Waals surface area (Å²) in [6.45, 7) is 1.72. The average Bonchev–Trinajstić information content (AvgIpc) is 2.82. The summed E-state index contributed by atoms with van der Waals surface area (Å²) in [4.78, 5) is 13.7. The van der Waals surface area contributed by atoms with Crippen LogP contribution in [0.1, 0.15) is 24.9 Å². The van der Waals surface area contributed by atoms with Gasteiger partial charge >= 0.3 is 0 Å². The van der Waals surface area contributed by atoms with E-state index >= 15 is 0 Å². The van der Waals surface area contributed by atoms with E-state index in [4.69, 9.17) is 0 Å². The molecule has 23 heavy (non-hydrogen) atoms. The van der Waals surface area contributed by atoms with Crippen LogP contribution in [0.25, 0.3) is 0 Å². The molecule has 1 aliphatic heterocycles. The lowest BCUT2D eigenvalue weighted by Crippen LogP contribution is -2.41. The molecule has 0 saturated carbocycles. The Morgan fingerprint density at radius 3 is 2.65 bits per heavy atom. The van der Waals surface area contributed by atoms with Crippen molar-refractivity contribution in [1.82, 2.24) is 10.2 Å². The van der Waals surface area contributed by atoms with E-state index in [1.165, 1.54) is 6.07 Å². The van der Waals surface area contributed by atoms with Crippen molar-refractivity contribution in [2.24, 2.45) is 0 Å². The van der Waals surface area contributed by atoms with E-state index in [0.717, 1.165) is 12.1 Å². The summed E-state index contributed by atoms with van der Waals surface area (Å²) in [7, 11) is -1.30. The van der Waals surface area contributed by atoms with E-state index in [1.807, 2.05) is 0 Å². The van der Waals surface area contributed by atoms with E-state index in [2.05, 4.69) is 5.32 Å². The molecule has 2 atom stereocenters. The zero-order chi connectivity index (χ0) is 17.2. The van der Waals surface area contributed by atoms with Crippen molar-refractivity contribution in [3.63, 3.8) is 0 Å². The molecule has 1 aromatic carbocycles. The number of carbonyl (C=O) groups is 1. The highest BCUT2D eigenvalue weighted by molar-refractivity contribution is 7.91. The molecule has 1 saturated heterocycles. The van der Waals surface area contributed by atoms with Gasteiger partial charge in [0.1, 0.15) is 0 Å². The number of halogens is 2. The summed E-state index contributed by atoms with van der Waals surface area (Å²) >= 11 is 0. The molecule has 8 heteroatoms. The van der Waals surface area contributed by atoms with Crippen LogP contribution in [0.2, 0.25) is 0 Å². The van der Waals surface area contributed by atoms with Crippen LogP contribution in [0.5, 0.6) is 0 Å². The predicted octanol–water partition coefficient (Wildman–Crippen LogP) is 1.26. The Balaban J connectivity index is 1.90. The maximum Gasteiger partial charge on any atom is 0.234 e. The summed E-state index contributed by atoms with van der Waals surface area (Å²) in [6.07, 6.45) is 0.519. The zero-order valence-electron chi connectivity index (χ0n) is 13.1. The number of hydrogen-bond donors (Lipinski definition) is 1. The molecule has 1 aromatic rings. The second kappa shape index (κ2) is 6.92. The summed E-state index contributed by atoms with van der Waals surface area (Å²) in [6, 6.07) is 2.84. The van der Waals surface area contributed by atoms with Gasteiger partial charge in [0.05, 0.1) is 24.1 Å². The van der Waals surface area contributed by atoms with Crippen molar-refractivity contribution < 1.29 is 22.0 Å². The number of benzene rings is 1. The fraction of sp³-hybridized carbons (Fsp3) is 0.533. The fourth-order valence-corrected chi connectivity index (χ4v) is 4.44. The van der Waals surface area contributed by atoms with Crippen LogP contribution in [-0.4, -0.2) is 50.4 Å². The van der Waals surface area contributed by atoms with Crippen LogP contribution >= 0.6 is 0 Å². The van der Waals surface area contributed by atoms with Crippen LogP contribution in [0, 0.1) is 11.6 Å². The fourth-order valence-electron chi connectivity index (χ4n) is 2.63. The Bertz CT molecular complexity index is 694. The smallest absolute Gasteiger partial charge is 0.234 e. The summed E-state index contributed by atoms with van der Waals surface area (Å²) < 4.78 is 49.0. The van der Waals surface area contributed by atoms with Crippen molar-refractivity contribution in [2.75, 3.05) is 25.1 Å². The van der Waals surface area contributed by atoms with Crippen molar-refractivity contribution in [2.45, 2.75) is 25.4 Å². The first-order valence-corrected chi connectivity index (χ1v) is 9.15. The molecular formula is C15H20F2N2O3S. The van der Waals surface area contributed by atoms with Crippen molar-refractivity contribution in [3.05, 3.63) is 35.4 Å². The van der Waals surface area contributed by atoms with E-state index in [-0.39, 0.29) is 30.0 Å². The molecule has 1 fully saturated rings. The van der Waals surface area contributed by atoms with Gasteiger partial charge in [-0.2, -0.15) is 0 Å². The molecule has 1 heterocycles. The molecule has 1 amide bonds. The van der Waals surface area contributed by atoms with Crippen molar-refractivity contribution >= 4 is 15.7 Å². The van der Waals surface area contributed by atoms with Gasteiger partial charge in [-0.05, 0) is 38.1 Å². The van der Waals surface area contributed by atoms with E-state index in [1.54, 1.807) is 18.9 Å².